The fourth-order valence-corrected chi connectivity index (χ4v) is 3.62. The van der Waals surface area contributed by atoms with Crippen LogP contribution in [0.25, 0.3) is 0 Å². The van der Waals surface area contributed by atoms with Gasteiger partial charge in [0.25, 0.3) is 5.91 Å². The Morgan fingerprint density at radius 2 is 1.97 bits per heavy atom. The monoisotopic (exact) mass is 462 g/mol. The molecular weight excluding hydrogens is 441 g/mol. The number of amides is 2. The highest BCUT2D eigenvalue weighted by Gasteiger charge is 2.40. The van der Waals surface area contributed by atoms with Gasteiger partial charge in [0.15, 0.2) is 11.9 Å². The lowest BCUT2D eigenvalue weighted by atomic mass is 9.89. The number of rotatable bonds is 8. The molecule has 7 nitrogen and oxygen atoms in total. The lowest BCUT2D eigenvalue weighted by Gasteiger charge is -2.35. The molecule has 0 unspecified atom stereocenters. The summed E-state index contributed by atoms with van der Waals surface area (Å²) in [6.45, 7) is 0.304. The summed E-state index contributed by atoms with van der Waals surface area (Å²) in [4.78, 5) is 36.3. The van der Waals surface area contributed by atoms with Crippen LogP contribution in [0.15, 0.2) is 18.2 Å². The van der Waals surface area contributed by atoms with Gasteiger partial charge in [-0.15, -0.1) is 13.2 Å². The van der Waals surface area contributed by atoms with Crippen LogP contribution in [0, 0.1) is 0 Å². The molecule has 2 aliphatic rings. The topological polar surface area (TPSA) is 93.7 Å². The minimum atomic E-state index is -4.66. The molecule has 0 spiro atoms. The van der Waals surface area contributed by atoms with E-state index in [1.165, 1.54) is 6.07 Å². The predicted octanol–water partition coefficient (Wildman–Crippen LogP) is 3.14. The molecule has 0 bridgehead atoms. The van der Waals surface area contributed by atoms with Crippen LogP contribution in [-0.4, -0.2) is 48.8 Å². The van der Waals surface area contributed by atoms with Crippen LogP contribution >= 0.6 is 11.6 Å². The van der Waals surface area contributed by atoms with Crippen molar-refractivity contribution < 1.29 is 37.0 Å². The molecule has 1 saturated carbocycles. The summed E-state index contributed by atoms with van der Waals surface area (Å²) >= 11 is 5.87. The van der Waals surface area contributed by atoms with Gasteiger partial charge in [0, 0.05) is 24.0 Å². The number of carbonyl (C=O) groups excluding carboxylic acids is 3. The van der Waals surface area contributed by atoms with Gasteiger partial charge >= 0.3 is 6.36 Å². The van der Waals surface area contributed by atoms with E-state index in [4.69, 9.17) is 16.3 Å². The number of ether oxygens (including phenoxy) is 2. The van der Waals surface area contributed by atoms with E-state index in [9.17, 15) is 27.6 Å². The third kappa shape index (κ3) is 6.83. The number of fused-ring (bicyclic) bond motifs is 1. The normalized spacial score (nSPS) is 22.7. The number of hydrogen-bond donors (Lipinski definition) is 2. The van der Waals surface area contributed by atoms with Crippen molar-refractivity contribution in [3.05, 3.63) is 28.8 Å². The van der Waals surface area contributed by atoms with E-state index in [-0.39, 0.29) is 43.4 Å². The van der Waals surface area contributed by atoms with Crippen LogP contribution in [0.2, 0.25) is 5.02 Å². The summed E-state index contributed by atoms with van der Waals surface area (Å²) in [6, 6.07) is 4.32. The molecular formula is C20H22ClF3N2O5. The van der Waals surface area contributed by atoms with Crippen molar-refractivity contribution in [2.24, 2.45) is 0 Å². The molecule has 2 amide bonds. The molecule has 1 aliphatic carbocycles. The third-order valence-corrected chi connectivity index (χ3v) is 5.30. The van der Waals surface area contributed by atoms with Crippen LogP contribution in [0.4, 0.5) is 13.2 Å². The van der Waals surface area contributed by atoms with Gasteiger partial charge in [0.05, 0.1) is 18.1 Å². The zero-order valence-corrected chi connectivity index (χ0v) is 17.2. The number of Topliss-reactive ketones (excluding diaryl/α,β-unsaturated/α-hetero) is 1. The molecule has 2 N–H and O–H groups in total. The van der Waals surface area contributed by atoms with Crippen LogP contribution in [0.5, 0.6) is 5.75 Å². The number of ketones is 1. The molecule has 3 rings (SSSR count). The van der Waals surface area contributed by atoms with Crippen LogP contribution < -0.4 is 15.4 Å². The fourth-order valence-electron chi connectivity index (χ4n) is 3.45. The van der Waals surface area contributed by atoms with E-state index in [1.54, 1.807) is 12.1 Å². The Labute approximate surface area is 181 Å². The molecule has 11 heteroatoms. The first-order chi connectivity index (χ1) is 14.6. The first kappa shape index (κ1) is 23.3. The van der Waals surface area contributed by atoms with Gasteiger partial charge in [-0.05, 0) is 43.9 Å². The average Bonchev–Trinajstić information content (AvgIpc) is 2.65. The molecule has 0 aromatic heterocycles. The number of carbonyl (C=O) groups is 3. The largest absolute Gasteiger partial charge is 0.522 e. The Morgan fingerprint density at radius 3 is 2.68 bits per heavy atom. The van der Waals surface area contributed by atoms with Gasteiger partial charge in [-0.3, -0.25) is 19.1 Å². The van der Waals surface area contributed by atoms with Crippen molar-refractivity contribution in [2.45, 2.75) is 63.1 Å². The second-order valence-electron chi connectivity index (χ2n) is 7.54. The highest BCUT2D eigenvalue weighted by Crippen LogP contribution is 2.31. The number of hydrogen-bond acceptors (Lipinski definition) is 5. The lowest BCUT2D eigenvalue weighted by molar-refractivity contribution is -0.351. The van der Waals surface area contributed by atoms with E-state index in [2.05, 4.69) is 15.4 Å². The maximum atomic E-state index is 12.3. The smallest absolute Gasteiger partial charge is 0.479 e. The zero-order chi connectivity index (χ0) is 22.6. The van der Waals surface area contributed by atoms with Gasteiger partial charge in [0.1, 0.15) is 5.75 Å². The number of alkyl halides is 3. The molecule has 1 aromatic carbocycles. The highest BCUT2D eigenvalue weighted by atomic mass is 35.5. The molecule has 1 atom stereocenters. The Kier molecular flexibility index (Phi) is 7.42. The number of halogens is 4. The summed E-state index contributed by atoms with van der Waals surface area (Å²) in [7, 11) is 0. The van der Waals surface area contributed by atoms with Crippen molar-refractivity contribution >= 4 is 29.2 Å². The van der Waals surface area contributed by atoms with E-state index >= 15 is 0 Å². The predicted molar refractivity (Wildman–Crippen MR) is 104 cm³/mol. The highest BCUT2D eigenvalue weighted by molar-refractivity contribution is 6.31. The van der Waals surface area contributed by atoms with Gasteiger partial charge in [-0.2, -0.15) is 0 Å². The maximum Gasteiger partial charge on any atom is 0.522 e. The second-order valence-corrected chi connectivity index (χ2v) is 7.98. The summed E-state index contributed by atoms with van der Waals surface area (Å²) in [5.74, 6) is -0.572. The fraction of sp³-hybridized carbons (Fsp3) is 0.550. The van der Waals surface area contributed by atoms with Gasteiger partial charge < -0.3 is 15.4 Å². The molecule has 0 saturated heterocycles. The molecule has 1 aliphatic heterocycles. The second kappa shape index (κ2) is 9.86. The number of unbranched alkanes of at least 4 members (excludes halogenated alkanes) is 1. The van der Waals surface area contributed by atoms with Crippen molar-refractivity contribution in [3.8, 4) is 5.75 Å². The summed E-state index contributed by atoms with van der Waals surface area (Å²) < 4.78 is 45.6. The van der Waals surface area contributed by atoms with Gasteiger partial charge in [-0.1, -0.05) is 11.6 Å². The van der Waals surface area contributed by atoms with Crippen molar-refractivity contribution in [1.29, 1.82) is 0 Å². The SMILES string of the molecule is O=C(CCCCNC(=O)[C@H]1CC(=O)c2cc(Cl)ccc2O1)N[C@H]1C[C@@H](OC(F)(F)F)C1. The first-order valence-electron chi connectivity index (χ1n) is 9.92. The molecule has 31 heavy (non-hydrogen) atoms. The Balaban J connectivity index is 1.28. The van der Waals surface area contributed by atoms with Gasteiger partial charge in [0.2, 0.25) is 5.91 Å². The van der Waals surface area contributed by atoms with Crippen LogP contribution in [-0.2, 0) is 14.3 Å². The number of nitrogens with one attached hydrogen (secondary N) is 2. The maximum absolute atomic E-state index is 12.3. The van der Waals surface area contributed by atoms with Crippen LogP contribution in [0.1, 0.15) is 48.9 Å². The Morgan fingerprint density at radius 1 is 1.23 bits per heavy atom. The first-order valence-corrected chi connectivity index (χ1v) is 10.3. The van der Waals surface area contributed by atoms with Crippen molar-refractivity contribution in [3.63, 3.8) is 0 Å². The lowest BCUT2D eigenvalue weighted by Crippen LogP contribution is -2.49. The summed E-state index contributed by atoms with van der Waals surface area (Å²) in [6.07, 6.45) is -5.08. The Hall–Kier alpha value is -2.33. The van der Waals surface area contributed by atoms with Crippen molar-refractivity contribution in [1.82, 2.24) is 10.6 Å². The summed E-state index contributed by atoms with van der Waals surface area (Å²) in [5.41, 5.74) is 0.352. The molecule has 1 fully saturated rings. The minimum absolute atomic E-state index is 0.0813. The number of benzene rings is 1. The quantitative estimate of drug-likeness (QED) is 0.579. The summed E-state index contributed by atoms with van der Waals surface area (Å²) in [5, 5.41) is 5.76. The molecule has 170 valence electrons. The van der Waals surface area contributed by atoms with Crippen molar-refractivity contribution in [2.75, 3.05) is 6.54 Å². The molecule has 1 aromatic rings. The minimum Gasteiger partial charge on any atom is -0.479 e. The van der Waals surface area contributed by atoms with Gasteiger partial charge in [-0.25, -0.2) is 0 Å². The van der Waals surface area contributed by atoms with E-state index in [0.717, 1.165) is 0 Å². The average molecular weight is 463 g/mol. The van der Waals surface area contributed by atoms with E-state index < -0.39 is 24.5 Å². The van der Waals surface area contributed by atoms with E-state index in [1.807, 2.05) is 0 Å². The standard InChI is InChI=1S/C20H22ClF3N2O5/c21-11-4-5-16-14(7-11)15(27)10-17(30-16)19(29)25-6-2-1-3-18(28)26-12-8-13(9-12)31-20(22,23)24/h4-5,7,12-13,17H,1-3,6,8-10H2,(H,25,29)(H,26,28)/t12-,13+,17-/m1/s1. The van der Waals surface area contributed by atoms with E-state index in [0.29, 0.717) is 35.7 Å². The molecule has 1 heterocycles. The van der Waals surface area contributed by atoms with Crippen LogP contribution in [0.3, 0.4) is 0 Å². The molecule has 0 radical (unpaired) electrons. The Bertz CT molecular complexity index is 843. The zero-order valence-electron chi connectivity index (χ0n) is 16.5. The third-order valence-electron chi connectivity index (χ3n) is 5.06.